The van der Waals surface area contributed by atoms with E-state index in [1.165, 1.54) is 11.8 Å². The van der Waals surface area contributed by atoms with Crippen LogP contribution in [-0.4, -0.2) is 28.1 Å². The average Bonchev–Trinajstić information content (AvgIpc) is 2.91. The molecule has 3 rings (SSSR count). The first-order chi connectivity index (χ1) is 9.17. The Morgan fingerprint density at radius 1 is 1.42 bits per heavy atom. The van der Waals surface area contributed by atoms with Crippen molar-refractivity contribution in [1.82, 2.24) is 20.5 Å². The fourth-order valence-electron chi connectivity index (χ4n) is 2.06. The molecule has 0 saturated heterocycles. The molecular formula is C12H13N5OS. The van der Waals surface area contributed by atoms with Crippen molar-refractivity contribution in [2.45, 2.75) is 23.0 Å². The number of aromatic nitrogens is 3. The van der Waals surface area contributed by atoms with E-state index < -0.39 is 0 Å². The van der Waals surface area contributed by atoms with Gasteiger partial charge in [0, 0.05) is 16.1 Å². The van der Waals surface area contributed by atoms with Crippen molar-refractivity contribution in [3.63, 3.8) is 0 Å². The minimum atomic E-state index is -0.264. The summed E-state index contributed by atoms with van der Waals surface area (Å²) in [6.45, 7) is 1.86. The SMILES string of the molecule is CNC1C(=O)Nc2cc(Sc3n[nH]c(C)n3)ccc21. The van der Waals surface area contributed by atoms with Crippen LogP contribution in [0.2, 0.25) is 0 Å². The number of likely N-dealkylation sites (N-methyl/N-ethyl adjacent to an activating group) is 1. The lowest BCUT2D eigenvalue weighted by molar-refractivity contribution is -0.117. The number of carbonyl (C=O) groups is 1. The van der Waals surface area contributed by atoms with Gasteiger partial charge in [-0.3, -0.25) is 9.89 Å². The van der Waals surface area contributed by atoms with E-state index in [0.717, 1.165) is 22.0 Å². The molecule has 1 aliphatic rings. The van der Waals surface area contributed by atoms with E-state index >= 15 is 0 Å². The highest BCUT2D eigenvalue weighted by molar-refractivity contribution is 7.99. The maximum Gasteiger partial charge on any atom is 0.246 e. The smallest absolute Gasteiger partial charge is 0.246 e. The third-order valence-electron chi connectivity index (χ3n) is 2.93. The van der Waals surface area contributed by atoms with Crippen molar-refractivity contribution in [2.24, 2.45) is 0 Å². The largest absolute Gasteiger partial charge is 0.324 e. The molecule has 6 nitrogen and oxygen atoms in total. The lowest BCUT2D eigenvalue weighted by atomic mass is 10.1. The van der Waals surface area contributed by atoms with E-state index in [-0.39, 0.29) is 11.9 Å². The van der Waals surface area contributed by atoms with Crippen LogP contribution in [0.3, 0.4) is 0 Å². The monoisotopic (exact) mass is 275 g/mol. The van der Waals surface area contributed by atoms with Crippen molar-refractivity contribution in [3.05, 3.63) is 29.6 Å². The number of carbonyl (C=O) groups excluding carboxylic acids is 1. The van der Waals surface area contributed by atoms with Gasteiger partial charge in [0.1, 0.15) is 11.9 Å². The van der Waals surface area contributed by atoms with E-state index in [1.807, 2.05) is 25.1 Å². The van der Waals surface area contributed by atoms with E-state index in [1.54, 1.807) is 7.05 Å². The first-order valence-electron chi connectivity index (χ1n) is 5.86. The molecule has 1 aliphatic heterocycles. The average molecular weight is 275 g/mol. The maximum absolute atomic E-state index is 11.7. The summed E-state index contributed by atoms with van der Waals surface area (Å²) in [6.07, 6.45) is 0. The molecular weight excluding hydrogens is 262 g/mol. The van der Waals surface area contributed by atoms with Gasteiger partial charge in [0.05, 0.1) is 0 Å². The summed E-state index contributed by atoms with van der Waals surface area (Å²) in [7, 11) is 1.78. The number of hydrogen-bond donors (Lipinski definition) is 3. The number of nitrogens with one attached hydrogen (secondary N) is 3. The van der Waals surface area contributed by atoms with Gasteiger partial charge in [0.15, 0.2) is 0 Å². The third-order valence-corrected chi connectivity index (χ3v) is 3.79. The van der Waals surface area contributed by atoms with Gasteiger partial charge < -0.3 is 10.6 Å². The molecule has 0 fully saturated rings. The van der Waals surface area contributed by atoms with Crippen molar-refractivity contribution < 1.29 is 4.79 Å². The molecule has 1 unspecified atom stereocenters. The Kier molecular flexibility index (Phi) is 3.00. The van der Waals surface area contributed by atoms with Gasteiger partial charge in [-0.05, 0) is 37.9 Å². The van der Waals surface area contributed by atoms with Crippen LogP contribution >= 0.6 is 11.8 Å². The molecule has 0 saturated carbocycles. The summed E-state index contributed by atoms with van der Waals surface area (Å²) >= 11 is 1.46. The first-order valence-corrected chi connectivity index (χ1v) is 6.68. The Balaban J connectivity index is 1.87. The summed E-state index contributed by atoms with van der Waals surface area (Å²) < 4.78 is 0. The molecule has 2 aromatic rings. The number of benzene rings is 1. The minimum Gasteiger partial charge on any atom is -0.324 e. The second-order valence-corrected chi connectivity index (χ2v) is 5.31. The number of aromatic amines is 1. The summed E-state index contributed by atoms with van der Waals surface area (Å²) in [5, 5.41) is 13.4. The van der Waals surface area contributed by atoms with Crippen LogP contribution < -0.4 is 10.6 Å². The maximum atomic E-state index is 11.7. The number of rotatable bonds is 3. The fraction of sp³-hybridized carbons (Fsp3) is 0.250. The van der Waals surface area contributed by atoms with Gasteiger partial charge >= 0.3 is 0 Å². The first kappa shape index (κ1) is 12.2. The second kappa shape index (κ2) is 4.67. The normalized spacial score (nSPS) is 17.4. The number of anilines is 1. The predicted octanol–water partition coefficient (Wildman–Crippen LogP) is 1.48. The highest BCUT2D eigenvalue weighted by Gasteiger charge is 2.29. The third kappa shape index (κ3) is 2.22. The molecule has 1 amide bonds. The number of nitrogens with zero attached hydrogens (tertiary/aromatic N) is 2. The van der Waals surface area contributed by atoms with E-state index in [9.17, 15) is 4.79 Å². The molecule has 0 spiro atoms. The van der Waals surface area contributed by atoms with E-state index in [0.29, 0.717) is 5.16 Å². The quantitative estimate of drug-likeness (QED) is 0.790. The Bertz CT molecular complexity index is 639. The molecule has 0 bridgehead atoms. The summed E-state index contributed by atoms with van der Waals surface area (Å²) in [4.78, 5) is 17.0. The second-order valence-electron chi connectivity index (χ2n) is 4.27. The zero-order valence-corrected chi connectivity index (χ0v) is 11.3. The number of fused-ring (bicyclic) bond motifs is 1. The molecule has 0 radical (unpaired) electrons. The number of hydrogen-bond acceptors (Lipinski definition) is 5. The summed E-state index contributed by atoms with van der Waals surface area (Å²) in [5.74, 6) is 0.764. The Labute approximate surface area is 114 Å². The zero-order valence-electron chi connectivity index (χ0n) is 10.5. The number of aryl methyl sites for hydroxylation is 1. The Morgan fingerprint density at radius 3 is 2.95 bits per heavy atom. The van der Waals surface area contributed by atoms with Crippen molar-refractivity contribution in [1.29, 1.82) is 0 Å². The van der Waals surface area contributed by atoms with Crippen LogP contribution in [0.1, 0.15) is 17.4 Å². The van der Waals surface area contributed by atoms with Crippen molar-refractivity contribution >= 4 is 23.4 Å². The van der Waals surface area contributed by atoms with Gasteiger partial charge in [0.25, 0.3) is 0 Å². The molecule has 1 atom stereocenters. The topological polar surface area (TPSA) is 82.7 Å². The van der Waals surface area contributed by atoms with E-state index in [4.69, 9.17) is 0 Å². The zero-order chi connectivity index (χ0) is 13.4. The molecule has 98 valence electrons. The van der Waals surface area contributed by atoms with Gasteiger partial charge in [0.2, 0.25) is 11.1 Å². The van der Waals surface area contributed by atoms with Crippen LogP contribution in [0.5, 0.6) is 0 Å². The molecule has 3 N–H and O–H groups in total. The minimum absolute atomic E-state index is 0.0200. The lowest BCUT2D eigenvalue weighted by Gasteiger charge is -2.06. The molecule has 19 heavy (non-hydrogen) atoms. The standard InChI is InChI=1S/C12H13N5OS/c1-6-14-12(17-16-6)19-7-3-4-8-9(5-7)15-11(18)10(8)13-2/h3-5,10,13H,1-2H3,(H,15,18)(H,14,16,17). The van der Waals surface area contributed by atoms with Crippen LogP contribution in [0.15, 0.2) is 28.3 Å². The highest BCUT2D eigenvalue weighted by atomic mass is 32.2. The predicted molar refractivity (Wildman–Crippen MR) is 72.1 cm³/mol. The van der Waals surface area contributed by atoms with Gasteiger partial charge in [-0.25, -0.2) is 4.98 Å². The molecule has 7 heteroatoms. The Hall–Kier alpha value is -1.86. The van der Waals surface area contributed by atoms with Crippen LogP contribution in [0.4, 0.5) is 5.69 Å². The summed E-state index contributed by atoms with van der Waals surface area (Å²) in [5.41, 5.74) is 1.82. The fourth-order valence-corrected chi connectivity index (χ4v) is 2.86. The van der Waals surface area contributed by atoms with Crippen LogP contribution in [-0.2, 0) is 4.79 Å². The molecule has 1 aromatic carbocycles. The molecule has 2 heterocycles. The van der Waals surface area contributed by atoms with Crippen LogP contribution in [0, 0.1) is 6.92 Å². The summed E-state index contributed by atoms with van der Waals surface area (Å²) in [6, 6.07) is 5.61. The van der Waals surface area contributed by atoms with Crippen molar-refractivity contribution in [3.8, 4) is 0 Å². The molecule has 1 aromatic heterocycles. The van der Waals surface area contributed by atoms with E-state index in [2.05, 4.69) is 25.8 Å². The van der Waals surface area contributed by atoms with Crippen molar-refractivity contribution in [2.75, 3.05) is 12.4 Å². The van der Waals surface area contributed by atoms with Gasteiger partial charge in [-0.1, -0.05) is 6.07 Å². The Morgan fingerprint density at radius 2 is 2.26 bits per heavy atom. The van der Waals surface area contributed by atoms with Gasteiger partial charge in [-0.15, -0.1) is 5.10 Å². The lowest BCUT2D eigenvalue weighted by Crippen LogP contribution is -2.23. The van der Waals surface area contributed by atoms with Gasteiger partial charge in [-0.2, -0.15) is 0 Å². The number of H-pyrrole nitrogens is 1. The van der Waals surface area contributed by atoms with Crippen LogP contribution in [0.25, 0.3) is 0 Å². The molecule has 0 aliphatic carbocycles. The highest BCUT2D eigenvalue weighted by Crippen LogP contribution is 2.35. The number of amides is 1.